The molecule has 1 aromatic rings. The van der Waals surface area contributed by atoms with E-state index >= 15 is 0 Å². The van der Waals surface area contributed by atoms with E-state index in [4.69, 9.17) is 5.11 Å². The number of aliphatic hydroxyl groups excluding tert-OH is 2. The number of aliphatic hydroxyl groups is 2. The van der Waals surface area contributed by atoms with Crippen LogP contribution in [0.1, 0.15) is 44.4 Å². The Morgan fingerprint density at radius 3 is 2.94 bits per heavy atom. The molecule has 2 heterocycles. The molecule has 2 rings (SSSR count). The second-order valence-electron chi connectivity index (χ2n) is 4.97. The van der Waals surface area contributed by atoms with Crippen molar-refractivity contribution < 1.29 is 10.2 Å². The first kappa shape index (κ1) is 13.3. The lowest BCUT2D eigenvalue weighted by atomic mass is 10.1. The summed E-state index contributed by atoms with van der Waals surface area (Å²) in [7, 11) is 0. The summed E-state index contributed by atoms with van der Waals surface area (Å²) >= 11 is 0. The molecular weight excluding hydrogens is 228 g/mol. The highest BCUT2D eigenvalue weighted by molar-refractivity contribution is 5.46. The highest BCUT2D eigenvalue weighted by atomic mass is 16.3. The molecule has 2 N–H and O–H groups in total. The Hall–Kier alpha value is -1.13. The summed E-state index contributed by atoms with van der Waals surface area (Å²) in [6, 6.07) is 4.45. The fraction of sp³-hybridized carbons (Fsp3) is 0.643. The average molecular weight is 250 g/mol. The zero-order chi connectivity index (χ0) is 13.0. The van der Waals surface area contributed by atoms with Crippen molar-refractivity contribution in [1.29, 1.82) is 0 Å². The van der Waals surface area contributed by atoms with Crippen molar-refractivity contribution in [2.75, 3.05) is 18.1 Å². The molecule has 2 atom stereocenters. The van der Waals surface area contributed by atoms with Gasteiger partial charge in [-0.25, -0.2) is 0 Å². The summed E-state index contributed by atoms with van der Waals surface area (Å²) in [5.41, 5.74) is 1.84. The van der Waals surface area contributed by atoms with Crippen molar-refractivity contribution in [1.82, 2.24) is 4.98 Å². The summed E-state index contributed by atoms with van der Waals surface area (Å²) in [5, 5.41) is 18.4. The lowest BCUT2D eigenvalue weighted by molar-refractivity contribution is 0.194. The van der Waals surface area contributed by atoms with Crippen LogP contribution in [0, 0.1) is 0 Å². The van der Waals surface area contributed by atoms with Gasteiger partial charge in [0.25, 0.3) is 0 Å². The van der Waals surface area contributed by atoms with Crippen LogP contribution in [0.2, 0.25) is 0 Å². The van der Waals surface area contributed by atoms with Gasteiger partial charge in [0.1, 0.15) is 0 Å². The SMILES string of the molecule is C[C@H](O)c1ccc(N2CCCC2CCCO)cn1. The van der Waals surface area contributed by atoms with Gasteiger partial charge in [-0.3, -0.25) is 4.98 Å². The van der Waals surface area contributed by atoms with Crippen LogP contribution in [-0.4, -0.2) is 34.4 Å². The van der Waals surface area contributed by atoms with E-state index in [1.165, 1.54) is 12.8 Å². The summed E-state index contributed by atoms with van der Waals surface area (Å²) in [5.74, 6) is 0. The third-order valence-corrected chi connectivity index (χ3v) is 3.60. The molecule has 4 heteroatoms. The van der Waals surface area contributed by atoms with E-state index in [9.17, 15) is 5.11 Å². The normalized spacial score (nSPS) is 21.3. The van der Waals surface area contributed by atoms with E-state index in [1.54, 1.807) is 6.92 Å². The summed E-state index contributed by atoms with van der Waals surface area (Å²) in [4.78, 5) is 6.67. The van der Waals surface area contributed by atoms with Crippen molar-refractivity contribution in [2.45, 2.75) is 44.8 Å². The molecule has 4 nitrogen and oxygen atoms in total. The molecule has 0 spiro atoms. The van der Waals surface area contributed by atoms with E-state index in [0.717, 1.165) is 25.1 Å². The molecule has 1 aliphatic heterocycles. The fourth-order valence-electron chi connectivity index (χ4n) is 2.62. The second kappa shape index (κ2) is 6.16. The minimum atomic E-state index is -0.511. The van der Waals surface area contributed by atoms with Gasteiger partial charge in [0.05, 0.1) is 23.7 Å². The quantitative estimate of drug-likeness (QED) is 0.837. The van der Waals surface area contributed by atoms with E-state index in [-0.39, 0.29) is 6.61 Å². The van der Waals surface area contributed by atoms with Gasteiger partial charge < -0.3 is 15.1 Å². The standard InChI is InChI=1S/C14H22N2O2/c1-11(18)14-7-6-13(10-15-14)16-8-2-4-12(16)5-3-9-17/h6-7,10-12,17-18H,2-5,8-9H2,1H3/t11-,12?/m0/s1. The highest BCUT2D eigenvalue weighted by Gasteiger charge is 2.24. The maximum Gasteiger partial charge on any atom is 0.0931 e. The number of pyridine rings is 1. The molecule has 1 unspecified atom stereocenters. The smallest absolute Gasteiger partial charge is 0.0931 e. The molecule has 0 aromatic carbocycles. The third-order valence-electron chi connectivity index (χ3n) is 3.60. The Labute approximate surface area is 108 Å². The van der Waals surface area contributed by atoms with Crippen molar-refractivity contribution in [3.8, 4) is 0 Å². The van der Waals surface area contributed by atoms with Crippen molar-refractivity contribution in [3.63, 3.8) is 0 Å². The van der Waals surface area contributed by atoms with Gasteiger partial charge in [-0.1, -0.05) is 0 Å². The van der Waals surface area contributed by atoms with Crippen LogP contribution in [-0.2, 0) is 0 Å². The lowest BCUT2D eigenvalue weighted by Crippen LogP contribution is -2.29. The zero-order valence-electron chi connectivity index (χ0n) is 10.9. The summed E-state index contributed by atoms with van der Waals surface area (Å²) in [6.45, 7) is 3.05. The summed E-state index contributed by atoms with van der Waals surface area (Å²) < 4.78 is 0. The Bertz CT molecular complexity index is 365. The number of nitrogens with zero attached hydrogens (tertiary/aromatic N) is 2. The summed E-state index contributed by atoms with van der Waals surface area (Å²) in [6.07, 6.45) is 5.63. The van der Waals surface area contributed by atoms with Crippen LogP contribution in [0.4, 0.5) is 5.69 Å². The zero-order valence-corrected chi connectivity index (χ0v) is 10.9. The molecule has 0 radical (unpaired) electrons. The average Bonchev–Trinajstić information content (AvgIpc) is 2.84. The van der Waals surface area contributed by atoms with E-state index < -0.39 is 6.10 Å². The molecule has 1 aliphatic rings. The van der Waals surface area contributed by atoms with Gasteiger partial charge in [-0.2, -0.15) is 0 Å². The minimum absolute atomic E-state index is 0.267. The highest BCUT2D eigenvalue weighted by Crippen LogP contribution is 2.28. The number of hydrogen-bond acceptors (Lipinski definition) is 4. The van der Waals surface area contributed by atoms with Gasteiger partial charge in [0.2, 0.25) is 0 Å². The van der Waals surface area contributed by atoms with Crippen LogP contribution in [0.3, 0.4) is 0 Å². The maximum absolute atomic E-state index is 9.44. The maximum atomic E-state index is 9.44. The van der Waals surface area contributed by atoms with Crippen LogP contribution in [0.15, 0.2) is 18.3 Å². The Morgan fingerprint density at radius 1 is 1.50 bits per heavy atom. The number of aromatic nitrogens is 1. The molecule has 1 fully saturated rings. The molecule has 1 saturated heterocycles. The Kier molecular flexibility index (Phi) is 4.55. The first-order valence-electron chi connectivity index (χ1n) is 6.74. The topological polar surface area (TPSA) is 56.6 Å². The van der Waals surface area contributed by atoms with Crippen molar-refractivity contribution in [2.24, 2.45) is 0 Å². The molecule has 18 heavy (non-hydrogen) atoms. The molecule has 0 aliphatic carbocycles. The van der Waals surface area contributed by atoms with Gasteiger partial charge in [-0.05, 0) is 44.7 Å². The molecule has 0 amide bonds. The van der Waals surface area contributed by atoms with E-state index in [0.29, 0.717) is 11.7 Å². The lowest BCUT2D eigenvalue weighted by Gasteiger charge is -2.26. The van der Waals surface area contributed by atoms with Crippen LogP contribution >= 0.6 is 0 Å². The first-order valence-corrected chi connectivity index (χ1v) is 6.74. The van der Waals surface area contributed by atoms with Gasteiger partial charge >= 0.3 is 0 Å². The monoisotopic (exact) mass is 250 g/mol. The molecule has 0 saturated carbocycles. The van der Waals surface area contributed by atoms with E-state index in [2.05, 4.69) is 9.88 Å². The number of hydrogen-bond donors (Lipinski definition) is 2. The van der Waals surface area contributed by atoms with Crippen LogP contribution in [0.5, 0.6) is 0 Å². The predicted octanol–water partition coefficient (Wildman–Crippen LogP) is 1.88. The molecular formula is C14H22N2O2. The van der Waals surface area contributed by atoms with Crippen LogP contribution < -0.4 is 4.90 Å². The molecule has 100 valence electrons. The minimum Gasteiger partial charge on any atom is -0.396 e. The number of rotatable bonds is 5. The second-order valence-corrected chi connectivity index (χ2v) is 4.97. The van der Waals surface area contributed by atoms with Gasteiger partial charge in [0, 0.05) is 19.2 Å². The Morgan fingerprint density at radius 2 is 2.33 bits per heavy atom. The van der Waals surface area contributed by atoms with Crippen molar-refractivity contribution in [3.05, 3.63) is 24.0 Å². The van der Waals surface area contributed by atoms with Crippen LogP contribution in [0.25, 0.3) is 0 Å². The first-order chi connectivity index (χ1) is 8.72. The van der Waals surface area contributed by atoms with Crippen molar-refractivity contribution >= 4 is 5.69 Å². The molecule has 1 aromatic heterocycles. The third kappa shape index (κ3) is 3.00. The van der Waals surface area contributed by atoms with E-state index in [1.807, 2.05) is 18.3 Å². The fourth-order valence-corrected chi connectivity index (χ4v) is 2.62. The van der Waals surface area contributed by atoms with Gasteiger partial charge in [-0.15, -0.1) is 0 Å². The van der Waals surface area contributed by atoms with Gasteiger partial charge in [0.15, 0.2) is 0 Å². The Balaban J connectivity index is 2.05. The number of anilines is 1. The predicted molar refractivity (Wildman–Crippen MR) is 71.6 cm³/mol. The largest absolute Gasteiger partial charge is 0.396 e. The molecule has 0 bridgehead atoms.